The van der Waals surface area contributed by atoms with Gasteiger partial charge in [0.1, 0.15) is 5.69 Å². The van der Waals surface area contributed by atoms with Crippen molar-refractivity contribution in [1.29, 1.82) is 0 Å². The van der Waals surface area contributed by atoms with E-state index in [4.69, 9.17) is 0 Å². The fourth-order valence-corrected chi connectivity index (χ4v) is 1.85. The lowest BCUT2D eigenvalue weighted by Gasteiger charge is -1.95. The van der Waals surface area contributed by atoms with Gasteiger partial charge < -0.3 is 0 Å². The molecule has 0 amide bonds. The summed E-state index contributed by atoms with van der Waals surface area (Å²) in [5.41, 5.74) is 3.97. The summed E-state index contributed by atoms with van der Waals surface area (Å²) in [7, 11) is 2.04. The van der Waals surface area contributed by atoms with E-state index in [0.717, 1.165) is 29.2 Å². The summed E-state index contributed by atoms with van der Waals surface area (Å²) in [5, 5.41) is 0. The van der Waals surface area contributed by atoms with E-state index in [1.54, 1.807) is 0 Å². The van der Waals surface area contributed by atoms with Gasteiger partial charge in [0.25, 0.3) is 5.65 Å². The fourth-order valence-electron chi connectivity index (χ4n) is 1.85. The van der Waals surface area contributed by atoms with Crippen LogP contribution in [0.1, 0.15) is 24.1 Å². The Morgan fingerprint density at radius 1 is 1.13 bits per heavy atom. The van der Waals surface area contributed by atoms with Crippen molar-refractivity contribution in [3.05, 3.63) is 17.2 Å². The van der Waals surface area contributed by atoms with Crippen molar-refractivity contribution >= 4 is 11.3 Å². The van der Waals surface area contributed by atoms with Crippen molar-refractivity contribution in [2.75, 3.05) is 0 Å². The summed E-state index contributed by atoms with van der Waals surface area (Å²) in [5.74, 6) is 1.19. The molecule has 0 saturated heterocycles. The predicted octanol–water partition coefficient (Wildman–Crippen LogP) is 1.20. The molecule has 0 fully saturated rings. The Labute approximate surface area is 89.6 Å². The van der Waals surface area contributed by atoms with E-state index in [-0.39, 0.29) is 0 Å². The highest BCUT2D eigenvalue weighted by molar-refractivity contribution is 5.62. The Hall–Kier alpha value is -1.45. The highest BCUT2D eigenvalue weighted by atomic mass is 15.2. The van der Waals surface area contributed by atoms with Gasteiger partial charge in [0.2, 0.25) is 5.82 Å². The lowest BCUT2D eigenvalue weighted by Crippen LogP contribution is -2.31. The van der Waals surface area contributed by atoms with Gasteiger partial charge in [-0.25, -0.2) is 14.1 Å². The van der Waals surface area contributed by atoms with Gasteiger partial charge in [-0.15, -0.1) is 4.98 Å². The van der Waals surface area contributed by atoms with Gasteiger partial charge in [0.05, 0.1) is 19.3 Å². The minimum Gasteiger partial charge on any atom is -0.242 e. The third-order valence-electron chi connectivity index (χ3n) is 3.04. The third kappa shape index (κ3) is 1.32. The van der Waals surface area contributed by atoms with Crippen molar-refractivity contribution in [2.24, 2.45) is 7.05 Å². The second-order valence-corrected chi connectivity index (χ2v) is 3.89. The molecule has 0 spiro atoms. The van der Waals surface area contributed by atoms with Gasteiger partial charge in [-0.05, 0) is 20.8 Å². The number of hydrogen-bond acceptors (Lipinski definition) is 2. The van der Waals surface area contributed by atoms with Crippen molar-refractivity contribution in [3.63, 3.8) is 0 Å². The molecule has 0 aromatic carbocycles. The van der Waals surface area contributed by atoms with Gasteiger partial charge >= 0.3 is 5.65 Å². The van der Waals surface area contributed by atoms with E-state index in [0.29, 0.717) is 0 Å². The number of aromatic nitrogens is 4. The molecule has 2 aromatic rings. The van der Waals surface area contributed by atoms with Gasteiger partial charge in [-0.3, -0.25) is 0 Å². The first-order chi connectivity index (χ1) is 7.06. The zero-order valence-electron chi connectivity index (χ0n) is 10.00. The van der Waals surface area contributed by atoms with E-state index in [1.807, 2.05) is 20.9 Å². The molecule has 0 aliphatic heterocycles. The summed E-state index contributed by atoms with van der Waals surface area (Å²) in [6.45, 7) is 9.16. The standard InChI is InChI=1S/C11H17N4/c1-6-15-9(4)14(5)10-11(15)13-8(3)7(2)12-10/h6H2,1-5H3/q+1. The Balaban J connectivity index is 2.91. The molecule has 4 heteroatoms. The molecule has 0 N–H and O–H groups in total. The van der Waals surface area contributed by atoms with Crippen LogP contribution in [0, 0.1) is 20.8 Å². The smallest absolute Gasteiger partial charge is 0.242 e. The molecule has 15 heavy (non-hydrogen) atoms. The number of aryl methyl sites for hydroxylation is 4. The van der Waals surface area contributed by atoms with Gasteiger partial charge in [-0.2, -0.15) is 0 Å². The average molecular weight is 205 g/mol. The first-order valence-electron chi connectivity index (χ1n) is 5.26. The molecule has 0 radical (unpaired) electrons. The van der Waals surface area contributed by atoms with Gasteiger partial charge in [0, 0.05) is 6.92 Å². The summed E-state index contributed by atoms with van der Waals surface area (Å²) < 4.78 is 4.28. The van der Waals surface area contributed by atoms with Crippen LogP contribution in [-0.4, -0.2) is 14.5 Å². The molecule has 2 heterocycles. The number of fused-ring (bicyclic) bond motifs is 1. The summed E-state index contributed by atoms with van der Waals surface area (Å²) in [6, 6.07) is 0. The first-order valence-corrected chi connectivity index (χ1v) is 5.26. The summed E-state index contributed by atoms with van der Waals surface area (Å²) in [4.78, 5) is 9.19. The minimum atomic E-state index is 0.931. The predicted molar refractivity (Wildman–Crippen MR) is 58.6 cm³/mol. The number of hydrogen-bond donors (Lipinski definition) is 0. The second kappa shape index (κ2) is 3.29. The highest BCUT2D eigenvalue weighted by Gasteiger charge is 2.20. The van der Waals surface area contributed by atoms with Gasteiger partial charge in [0.15, 0.2) is 0 Å². The Morgan fingerprint density at radius 2 is 1.73 bits per heavy atom. The van der Waals surface area contributed by atoms with Crippen LogP contribution in [0.3, 0.4) is 0 Å². The van der Waals surface area contributed by atoms with Crippen LogP contribution < -0.4 is 4.57 Å². The topological polar surface area (TPSA) is 34.6 Å². The van der Waals surface area contributed by atoms with E-state index < -0.39 is 0 Å². The molecule has 0 bridgehead atoms. The number of rotatable bonds is 1. The van der Waals surface area contributed by atoms with Crippen LogP contribution in [0.5, 0.6) is 0 Å². The lowest BCUT2D eigenvalue weighted by molar-refractivity contribution is -0.654. The highest BCUT2D eigenvalue weighted by Crippen LogP contribution is 2.11. The Kier molecular flexibility index (Phi) is 2.21. The maximum Gasteiger partial charge on any atom is 0.322 e. The van der Waals surface area contributed by atoms with Crippen LogP contribution >= 0.6 is 0 Å². The molecule has 0 aliphatic carbocycles. The molecular weight excluding hydrogens is 188 g/mol. The van der Waals surface area contributed by atoms with Crippen molar-refractivity contribution < 1.29 is 4.57 Å². The SMILES string of the molecule is CCn1c(C)[n+](C)c2nc(C)c(C)nc21. The maximum atomic E-state index is 4.61. The quantitative estimate of drug-likeness (QED) is 0.656. The second-order valence-electron chi connectivity index (χ2n) is 3.89. The molecular formula is C11H17N4+. The molecule has 2 rings (SSSR count). The van der Waals surface area contributed by atoms with E-state index in [2.05, 4.69) is 32.9 Å². The largest absolute Gasteiger partial charge is 0.322 e. The Bertz CT molecular complexity index is 525. The fraction of sp³-hybridized carbons (Fsp3) is 0.545. The van der Waals surface area contributed by atoms with E-state index >= 15 is 0 Å². The van der Waals surface area contributed by atoms with Crippen LogP contribution in [0.4, 0.5) is 0 Å². The Morgan fingerprint density at radius 3 is 2.33 bits per heavy atom. The minimum absolute atomic E-state index is 0.931. The molecule has 4 nitrogen and oxygen atoms in total. The molecule has 2 aromatic heterocycles. The van der Waals surface area contributed by atoms with Crippen molar-refractivity contribution in [2.45, 2.75) is 34.2 Å². The zero-order chi connectivity index (χ0) is 11.2. The zero-order valence-corrected chi connectivity index (χ0v) is 10.00. The lowest BCUT2D eigenvalue weighted by atomic mass is 10.3. The summed E-state index contributed by atoms with van der Waals surface area (Å²) in [6.07, 6.45) is 0. The van der Waals surface area contributed by atoms with E-state index in [1.165, 1.54) is 5.82 Å². The molecule has 80 valence electrons. The first kappa shape index (κ1) is 10.1. The normalized spacial score (nSPS) is 11.3. The molecule has 0 saturated carbocycles. The average Bonchev–Trinajstić information content (AvgIpc) is 2.42. The molecule has 0 unspecified atom stereocenters. The number of nitrogens with zero attached hydrogens (tertiary/aromatic N) is 4. The molecule has 0 aliphatic rings. The van der Waals surface area contributed by atoms with Crippen molar-refractivity contribution in [3.8, 4) is 0 Å². The van der Waals surface area contributed by atoms with Crippen LogP contribution in [-0.2, 0) is 13.6 Å². The number of imidazole rings is 1. The maximum absolute atomic E-state index is 4.61. The molecule has 0 atom stereocenters. The van der Waals surface area contributed by atoms with Crippen molar-refractivity contribution in [1.82, 2.24) is 14.5 Å². The van der Waals surface area contributed by atoms with Crippen LogP contribution in [0.15, 0.2) is 0 Å². The van der Waals surface area contributed by atoms with Crippen LogP contribution in [0.2, 0.25) is 0 Å². The summed E-state index contributed by atoms with van der Waals surface area (Å²) >= 11 is 0. The third-order valence-corrected chi connectivity index (χ3v) is 3.04. The van der Waals surface area contributed by atoms with Gasteiger partial charge in [-0.1, -0.05) is 0 Å². The van der Waals surface area contributed by atoms with E-state index in [9.17, 15) is 0 Å². The van der Waals surface area contributed by atoms with Crippen LogP contribution in [0.25, 0.3) is 11.3 Å². The monoisotopic (exact) mass is 205 g/mol.